The van der Waals surface area contributed by atoms with Crippen LogP contribution in [-0.2, 0) is 23.8 Å². The van der Waals surface area contributed by atoms with E-state index in [9.17, 15) is 26.4 Å². The average Bonchev–Trinajstić information content (AvgIpc) is 2.46. The Bertz CT molecular complexity index is 658. The zero-order chi connectivity index (χ0) is 17.3. The molecule has 23 heavy (non-hydrogen) atoms. The van der Waals surface area contributed by atoms with Gasteiger partial charge in [0.1, 0.15) is 0 Å². The molecule has 0 bridgehead atoms. The summed E-state index contributed by atoms with van der Waals surface area (Å²) in [4.78, 5) is 12.0. The van der Waals surface area contributed by atoms with Gasteiger partial charge in [-0.15, -0.1) is 0 Å². The third-order valence-electron chi connectivity index (χ3n) is 3.81. The van der Waals surface area contributed by atoms with E-state index in [0.717, 1.165) is 12.0 Å². The van der Waals surface area contributed by atoms with Crippen LogP contribution in [0.5, 0.6) is 0 Å². The summed E-state index contributed by atoms with van der Waals surface area (Å²) in [5.41, 5.74) is -4.43. The predicted molar refractivity (Wildman–Crippen MR) is 74.4 cm³/mol. The Morgan fingerprint density at radius 1 is 1.13 bits per heavy atom. The molecule has 0 heterocycles. The van der Waals surface area contributed by atoms with Gasteiger partial charge in [-0.1, -0.05) is 5.57 Å². The van der Waals surface area contributed by atoms with Crippen molar-refractivity contribution in [3.05, 3.63) is 22.5 Å². The molecule has 9 heteroatoms. The van der Waals surface area contributed by atoms with Gasteiger partial charge in [0.15, 0.2) is 5.76 Å². The van der Waals surface area contributed by atoms with E-state index in [4.69, 9.17) is 4.74 Å². The fraction of sp³-hybridized carbons (Fsp3) is 0.643. The van der Waals surface area contributed by atoms with Crippen molar-refractivity contribution >= 4 is 16.1 Å². The van der Waals surface area contributed by atoms with Crippen LogP contribution < -0.4 is 0 Å². The normalized spacial score (nSPS) is 19.5. The van der Waals surface area contributed by atoms with Gasteiger partial charge in [0.05, 0.1) is 12.2 Å². The largest absolute Gasteiger partial charge is 0.534 e. The van der Waals surface area contributed by atoms with Gasteiger partial charge >= 0.3 is 21.6 Å². The first-order chi connectivity index (χ1) is 10.7. The highest BCUT2D eigenvalue weighted by molar-refractivity contribution is 7.87. The Morgan fingerprint density at radius 3 is 2.39 bits per heavy atom. The lowest BCUT2D eigenvalue weighted by atomic mass is 9.82. The quantitative estimate of drug-likeness (QED) is 0.440. The first kappa shape index (κ1) is 17.8. The van der Waals surface area contributed by atoms with Crippen LogP contribution in [0.1, 0.15) is 45.4 Å². The highest BCUT2D eigenvalue weighted by atomic mass is 32.2. The summed E-state index contributed by atoms with van der Waals surface area (Å²) in [7, 11) is -5.83. The molecule has 0 radical (unpaired) electrons. The minimum Gasteiger partial charge on any atom is -0.463 e. The van der Waals surface area contributed by atoms with Crippen molar-refractivity contribution in [2.75, 3.05) is 6.61 Å². The number of carbonyl (C=O) groups is 1. The minimum absolute atomic E-state index is 0.0353. The van der Waals surface area contributed by atoms with Crippen molar-refractivity contribution in [1.82, 2.24) is 0 Å². The molecule has 130 valence electrons. The Hall–Kier alpha value is -1.51. The molecule has 0 saturated carbocycles. The molecule has 0 N–H and O–H groups in total. The summed E-state index contributed by atoms with van der Waals surface area (Å²) in [6.45, 7) is 1.59. The molecule has 2 rings (SSSR count). The van der Waals surface area contributed by atoms with Crippen LogP contribution in [0.3, 0.4) is 0 Å². The molecule has 0 saturated heterocycles. The number of allylic oxidation sites excluding steroid dienone is 2. The zero-order valence-electron chi connectivity index (χ0n) is 12.5. The summed E-state index contributed by atoms with van der Waals surface area (Å²) >= 11 is 0. The number of rotatable bonds is 4. The number of hydrogen-bond donors (Lipinski definition) is 0. The lowest BCUT2D eigenvalue weighted by molar-refractivity contribution is -0.138. The maximum atomic E-state index is 12.6. The van der Waals surface area contributed by atoms with Crippen molar-refractivity contribution < 1.29 is 35.3 Å². The molecule has 0 aromatic heterocycles. The van der Waals surface area contributed by atoms with E-state index in [0.29, 0.717) is 31.3 Å². The molecule has 2 aliphatic carbocycles. The van der Waals surface area contributed by atoms with Crippen LogP contribution in [0.2, 0.25) is 0 Å². The topological polar surface area (TPSA) is 69.7 Å². The van der Waals surface area contributed by atoms with Crippen LogP contribution in [0, 0.1) is 0 Å². The Kier molecular flexibility index (Phi) is 5.07. The van der Waals surface area contributed by atoms with Crippen LogP contribution in [-0.4, -0.2) is 26.5 Å². The van der Waals surface area contributed by atoms with Gasteiger partial charge in [0.25, 0.3) is 0 Å². The smallest absolute Gasteiger partial charge is 0.463 e. The summed E-state index contributed by atoms with van der Waals surface area (Å²) in [5.74, 6) is -1.32. The molecule has 0 aliphatic heterocycles. The van der Waals surface area contributed by atoms with Crippen molar-refractivity contribution in [2.24, 2.45) is 0 Å². The van der Waals surface area contributed by atoms with Gasteiger partial charge in [-0.2, -0.15) is 21.6 Å². The van der Waals surface area contributed by atoms with E-state index < -0.39 is 27.4 Å². The lowest BCUT2D eigenvalue weighted by Crippen LogP contribution is -2.28. The number of esters is 1. The van der Waals surface area contributed by atoms with Crippen molar-refractivity contribution in [3.63, 3.8) is 0 Å². The number of ether oxygens (including phenoxy) is 1. The van der Waals surface area contributed by atoms with Crippen LogP contribution in [0.25, 0.3) is 0 Å². The maximum Gasteiger partial charge on any atom is 0.534 e. The SMILES string of the molecule is CCOC(=O)C1=C(OS(=O)(=O)C(F)(F)F)C2=C(CCCC2)CC1. The molecule has 0 unspecified atom stereocenters. The molecular formula is C14H17F3O5S. The van der Waals surface area contributed by atoms with Crippen LogP contribution in [0.4, 0.5) is 13.2 Å². The molecule has 0 fully saturated rings. The molecule has 0 spiro atoms. The molecule has 0 aromatic rings. The molecular weight excluding hydrogens is 337 g/mol. The van der Waals surface area contributed by atoms with Gasteiger partial charge in [-0.05, 0) is 51.0 Å². The number of carbonyl (C=O) groups excluding carboxylic acids is 1. The number of halogens is 3. The summed E-state index contributed by atoms with van der Waals surface area (Å²) in [6.07, 6.45) is 3.26. The second-order valence-electron chi connectivity index (χ2n) is 5.30. The van der Waals surface area contributed by atoms with Gasteiger partial charge in [0, 0.05) is 0 Å². The summed E-state index contributed by atoms with van der Waals surface area (Å²) < 4.78 is 69.8. The number of hydrogen-bond acceptors (Lipinski definition) is 5. The van der Waals surface area contributed by atoms with Crippen molar-refractivity contribution in [1.29, 1.82) is 0 Å². The lowest BCUT2D eigenvalue weighted by Gasteiger charge is -2.28. The Balaban J connectivity index is 2.48. The third-order valence-corrected chi connectivity index (χ3v) is 4.76. The average molecular weight is 354 g/mol. The molecule has 5 nitrogen and oxygen atoms in total. The Morgan fingerprint density at radius 2 is 1.78 bits per heavy atom. The second-order valence-corrected chi connectivity index (χ2v) is 6.84. The van der Waals surface area contributed by atoms with E-state index in [2.05, 4.69) is 4.18 Å². The zero-order valence-corrected chi connectivity index (χ0v) is 13.3. The van der Waals surface area contributed by atoms with E-state index >= 15 is 0 Å². The molecule has 2 aliphatic rings. The first-order valence-electron chi connectivity index (χ1n) is 7.29. The fourth-order valence-corrected chi connectivity index (χ4v) is 3.27. The molecule has 0 atom stereocenters. The highest BCUT2D eigenvalue weighted by Crippen LogP contribution is 2.42. The van der Waals surface area contributed by atoms with Crippen molar-refractivity contribution in [2.45, 2.75) is 51.0 Å². The fourth-order valence-electron chi connectivity index (χ4n) is 2.76. The standard InChI is InChI=1S/C14H17F3O5S/c1-2-21-13(18)11-8-7-9-5-3-4-6-10(9)12(11)22-23(19,20)14(15,16)17/h2-8H2,1H3. The summed E-state index contributed by atoms with van der Waals surface area (Å²) in [5, 5.41) is 0. The van der Waals surface area contributed by atoms with Gasteiger partial charge in [-0.3, -0.25) is 0 Å². The molecule has 0 aromatic carbocycles. The second kappa shape index (κ2) is 6.54. The number of alkyl halides is 3. The molecule has 0 amide bonds. The van der Waals surface area contributed by atoms with Gasteiger partial charge in [0.2, 0.25) is 0 Å². The monoisotopic (exact) mass is 354 g/mol. The van der Waals surface area contributed by atoms with Crippen LogP contribution >= 0.6 is 0 Å². The third kappa shape index (κ3) is 3.70. The first-order valence-corrected chi connectivity index (χ1v) is 8.70. The minimum atomic E-state index is -5.83. The van der Waals surface area contributed by atoms with E-state index in [1.807, 2.05) is 0 Å². The van der Waals surface area contributed by atoms with E-state index in [1.165, 1.54) is 0 Å². The van der Waals surface area contributed by atoms with Crippen molar-refractivity contribution in [3.8, 4) is 0 Å². The van der Waals surface area contributed by atoms with E-state index in [1.54, 1.807) is 6.92 Å². The van der Waals surface area contributed by atoms with E-state index in [-0.39, 0.29) is 18.6 Å². The van der Waals surface area contributed by atoms with Gasteiger partial charge < -0.3 is 8.92 Å². The summed E-state index contributed by atoms with van der Waals surface area (Å²) in [6, 6.07) is 0. The van der Waals surface area contributed by atoms with Crippen LogP contribution in [0.15, 0.2) is 22.5 Å². The highest BCUT2D eigenvalue weighted by Gasteiger charge is 2.50. The Labute approximate surface area is 132 Å². The predicted octanol–water partition coefficient (Wildman–Crippen LogP) is 3.33. The maximum absolute atomic E-state index is 12.6. The van der Waals surface area contributed by atoms with Gasteiger partial charge in [-0.25, -0.2) is 4.79 Å².